The predicted octanol–water partition coefficient (Wildman–Crippen LogP) is 19.5. The minimum absolute atomic E-state index is 0. The van der Waals surface area contributed by atoms with Gasteiger partial charge < -0.3 is 63.5 Å². The zero-order valence-corrected chi connectivity index (χ0v) is 88.2. The van der Waals surface area contributed by atoms with E-state index in [1.165, 1.54) is 73.9 Å². The number of aromatic nitrogens is 12. The number of amides is 2. The van der Waals surface area contributed by atoms with Crippen molar-refractivity contribution in [1.82, 2.24) is 79.3 Å². The van der Waals surface area contributed by atoms with E-state index < -0.39 is 28.2 Å². The van der Waals surface area contributed by atoms with Crippen LogP contribution in [0.4, 0.5) is 69.0 Å². The van der Waals surface area contributed by atoms with Crippen LogP contribution in [0.15, 0.2) is 95.8 Å². The van der Waals surface area contributed by atoms with Crippen molar-refractivity contribution in [2.75, 3.05) is 110 Å². The van der Waals surface area contributed by atoms with Gasteiger partial charge in [0.2, 0.25) is 17.1 Å². The van der Waals surface area contributed by atoms with E-state index in [0.29, 0.717) is 113 Å². The third-order valence-corrected chi connectivity index (χ3v) is 18.7. The average molecular weight is 2410 g/mol. The second kappa shape index (κ2) is 61.9. The van der Waals surface area contributed by atoms with E-state index in [2.05, 4.69) is 196 Å². The largest absolute Gasteiger partial charge is 1.00 e. The summed E-state index contributed by atoms with van der Waals surface area (Å²) in [5.74, 6) is 4.66. The van der Waals surface area contributed by atoms with Gasteiger partial charge >= 0.3 is 39.5 Å². The number of hydrogen-bond acceptors (Lipinski definition) is 26. The zero-order chi connectivity index (χ0) is 99.2. The number of hydrazine groups is 1. The van der Waals surface area contributed by atoms with Gasteiger partial charge in [0.1, 0.15) is 70.3 Å². The number of nitrogen functional groups attached to an aromatic ring is 3. The molecule has 134 heavy (non-hydrogen) atoms. The summed E-state index contributed by atoms with van der Waals surface area (Å²) in [4.78, 5) is 73.1. The van der Waals surface area contributed by atoms with Crippen LogP contribution in [-0.4, -0.2) is 168 Å². The Morgan fingerprint density at radius 1 is 0.560 bits per heavy atom. The molecule has 6 aromatic heterocycles. The Morgan fingerprint density at radius 3 is 1.37 bits per heavy atom. The molecule has 51 heteroatoms. The summed E-state index contributed by atoms with van der Waals surface area (Å²) in [5.41, 5.74) is 25.6. The molecular formula is C83H96Cl7CuF7I3N25O7P. The maximum Gasteiger partial charge on any atom is 1.00 e. The fraction of sp³-hybridized carbons (Fsp3) is 0.313. The van der Waals surface area contributed by atoms with Gasteiger partial charge in [0.25, 0.3) is 0 Å². The number of piperazine rings is 2. The van der Waals surface area contributed by atoms with Crippen molar-refractivity contribution in [1.29, 1.82) is 15.8 Å². The Bertz CT molecular complexity index is 6280. The van der Waals surface area contributed by atoms with Gasteiger partial charge in [0.05, 0.1) is 54.7 Å². The number of halogens is 17. The fourth-order valence-corrected chi connectivity index (χ4v) is 11.8. The summed E-state index contributed by atoms with van der Waals surface area (Å²) in [6.07, 6.45) is -0.706. The first-order valence-electron chi connectivity index (χ1n) is 38.4. The molecule has 0 unspecified atom stereocenters. The standard InChI is InChI=1S/C16H19FN6.C11H8ClFN4.C11H9FN4O.C11H11FN2O2.C8H7FN2.C7H7FIN.C7H8FN.C5H12N2.C3H5ClO2.C2H6N2O.CH2I2.CN.Cl3OP.2ClH.Cu/c1-10-8-12-14(9-13(10)17)19-16(22-6-4-21(3)5-7-22)23-15(12)18-11(2)20-23;1-5-3-7-9(4-8(5)13)15-11(12)17-10(7)14-6(2)16-17;1-5-3-7-9(4-8(5)12)14-11(17)16-10(7)13-6(2)15-16;1-3-16-11(15)14-10-5-9(12)7(2)4-8(10)6-13;1-5-2-6(4-10)8(11)3-7(5)9;1-4-2-6(9)7(10)3-5(4)8;1-5-2-3-6(9)4-7(5)8;1-7-4-2-6-3-5-7;1-2-6-3(4)5;1-2(5)4-3;2-1-3;1-2;1-5(2,3)4;;;/h8-9H,4-7H2,1-3H3;3-4H,1-2H3;3-4H,1-2H3,(H,14,17);4-5H,3H2,1-2H3,(H,14,15);2-3H,11H2,1H3;2-3H,10H2,1H3;2-4H,9H2,1H3;6H,2-5H2,1H3;2H2,1H3;3H2,1H3,(H,4,5);1H2;;;2*1H;/q;;;;;;;;;;;-1;;;;+1. The second-order valence-corrected chi connectivity index (χ2v) is 40.4. The van der Waals surface area contributed by atoms with Gasteiger partial charge in [-0.1, -0.05) is 51.2 Å². The van der Waals surface area contributed by atoms with Crippen LogP contribution < -0.4 is 49.7 Å². The topological polar surface area (TPSA) is 457 Å². The number of ether oxygens (including phenoxy) is 2. The quantitative estimate of drug-likeness (QED) is 0.00659. The summed E-state index contributed by atoms with van der Waals surface area (Å²) < 4.78 is 117. The molecule has 0 atom stereocenters. The van der Waals surface area contributed by atoms with Crippen LogP contribution in [0, 0.1) is 148 Å². The fourth-order valence-electron chi connectivity index (χ4n) is 10.8. The summed E-state index contributed by atoms with van der Waals surface area (Å²) >= 11 is 31.2. The number of nitrogens with one attached hydrogen (secondary N) is 4. The molecule has 0 radical (unpaired) electrons. The molecule has 2 aliphatic heterocycles. The van der Waals surface area contributed by atoms with Gasteiger partial charge in [0, 0.05) is 114 Å². The number of nitriles is 2. The summed E-state index contributed by atoms with van der Waals surface area (Å²) in [5, 5.41) is 41.0. The van der Waals surface area contributed by atoms with Crippen molar-refractivity contribution in [3.63, 3.8) is 0 Å². The Hall–Kier alpha value is -9.03. The molecule has 2 amide bonds. The number of fused-ring (bicyclic) bond motifs is 9. The van der Waals surface area contributed by atoms with E-state index in [-0.39, 0.29) is 112 Å². The van der Waals surface area contributed by atoms with Crippen LogP contribution in [0.2, 0.25) is 5.28 Å². The number of H-pyrrole nitrogens is 1. The number of hydrogen-bond donors (Lipinski definition) is 8. The molecule has 2 aliphatic rings. The smallest absolute Gasteiger partial charge is 0.512 e. The molecule has 730 valence electrons. The number of benzene rings is 7. The minimum atomic E-state index is -3.22. The molecule has 0 bridgehead atoms. The Morgan fingerprint density at radius 2 is 0.948 bits per heavy atom. The number of alkyl halides is 2. The molecule has 0 aliphatic carbocycles. The van der Waals surface area contributed by atoms with Crippen molar-refractivity contribution in [2.24, 2.45) is 5.84 Å². The first-order valence-corrected chi connectivity index (χ1v) is 47.7. The molecule has 8 heterocycles. The molecule has 2 fully saturated rings. The second-order valence-electron chi connectivity index (χ2n) is 27.5. The van der Waals surface area contributed by atoms with Gasteiger partial charge in [-0.05, 0) is 277 Å². The Labute approximate surface area is 856 Å². The van der Waals surface area contributed by atoms with Crippen LogP contribution in [0.1, 0.15) is 88.3 Å². The number of rotatable bonds is 4. The normalized spacial score (nSPS) is 11.5. The first-order chi connectivity index (χ1) is 61.5. The monoisotopic (exact) mass is 2410 g/mol. The molecule has 0 saturated carbocycles. The first kappa shape index (κ1) is 125. The van der Waals surface area contributed by atoms with Crippen LogP contribution in [-0.2, 0) is 35.9 Å². The summed E-state index contributed by atoms with van der Waals surface area (Å²) in [7, 11) is 4.26. The molecule has 32 nitrogen and oxygen atoms in total. The van der Waals surface area contributed by atoms with Gasteiger partial charge in [-0.15, -0.1) is 40.1 Å². The van der Waals surface area contributed by atoms with Crippen LogP contribution in [0.25, 0.3) is 49.7 Å². The van der Waals surface area contributed by atoms with Crippen LogP contribution in [0.5, 0.6) is 0 Å². The Kier molecular flexibility index (Phi) is 57.8. The van der Waals surface area contributed by atoms with Crippen molar-refractivity contribution in [3.8, 4) is 12.1 Å². The summed E-state index contributed by atoms with van der Waals surface area (Å²) in [6, 6.07) is 25.9. The molecular weight excluding hydrogens is 2320 g/mol. The molecule has 13 aromatic rings. The van der Waals surface area contributed by atoms with E-state index in [1.807, 2.05) is 24.5 Å². The number of nitrogens with zero attached hydrogens (tertiary/aromatic N) is 17. The molecule has 7 aromatic carbocycles. The molecule has 15 rings (SSSR count). The van der Waals surface area contributed by atoms with E-state index in [9.17, 15) is 54.5 Å². The van der Waals surface area contributed by atoms with Crippen molar-refractivity contribution >= 4 is 250 Å². The van der Waals surface area contributed by atoms with E-state index in [0.717, 1.165) is 77.3 Å². The molecule has 2 saturated heterocycles. The zero-order valence-electron chi connectivity index (χ0n) is 74.4. The molecule has 0 spiro atoms. The minimum Gasteiger partial charge on any atom is -0.512 e. The van der Waals surface area contributed by atoms with Gasteiger partial charge in [-0.3, -0.25) is 20.1 Å². The van der Waals surface area contributed by atoms with E-state index in [1.54, 1.807) is 117 Å². The number of carbonyl (C=O) groups excluding carboxylic acids is 3. The van der Waals surface area contributed by atoms with Gasteiger partial charge in [0.15, 0.2) is 16.9 Å². The SMILES string of the molecule is CC(=O)NN.CCOC(=O)Cl.CCOC(=O)Nc1cc(F)c(C)cc1C#N.CN1CCNCC1.Cc1cc(C#N)c(N)cc1F.Cc1cc(I)c(N)cc1F.Cc1ccc(N)cc1F.Cc1nc2c3cc(C)c(F)cc3[nH]c(=O)n2n1.Cc1nc2c3cc(C)c(F)cc3nc(Cl)n2n1.Cc1nc2c3cc(C)c(F)cc3nc(N3CCN(C)CC3)n2n1.Cl.Cl.ICI.O=P(Cl)(Cl)Cl.[C-]#N.[Cu+]. The number of anilines is 5. The van der Waals surface area contributed by atoms with Crippen LogP contribution >= 0.6 is 155 Å². The van der Waals surface area contributed by atoms with Crippen molar-refractivity contribution in [3.05, 3.63) is 225 Å². The van der Waals surface area contributed by atoms with E-state index in [4.69, 9.17) is 67.7 Å². The predicted molar refractivity (Wildman–Crippen MR) is 540 cm³/mol. The molecule has 12 N–H and O–H groups in total. The number of carbonyl (C=O) groups is 3. The summed E-state index contributed by atoms with van der Waals surface area (Å²) in [6.45, 7) is 35.4. The number of aromatic amines is 1. The van der Waals surface area contributed by atoms with Gasteiger partial charge in [-0.25, -0.2) is 75.9 Å². The maximum atomic E-state index is 14.0. The third-order valence-electron chi connectivity index (χ3n) is 17.4. The van der Waals surface area contributed by atoms with Crippen molar-refractivity contribution in [2.45, 2.75) is 90.0 Å². The maximum absolute atomic E-state index is 14.0. The number of aryl methyl sites for hydroxylation is 10. The van der Waals surface area contributed by atoms with Gasteiger partial charge in [-0.2, -0.15) is 24.1 Å². The number of nitrogens with two attached hydrogens (primary N) is 4. The number of likely N-dealkylation sites (N-methyl/N-ethyl adjacent to an activating group) is 2. The third kappa shape index (κ3) is 41.5. The average Bonchev–Trinajstić information content (AvgIpc) is 1.57. The van der Waals surface area contributed by atoms with Crippen LogP contribution in [0.3, 0.4) is 0 Å². The van der Waals surface area contributed by atoms with E-state index >= 15 is 0 Å². The van der Waals surface area contributed by atoms with Crippen molar-refractivity contribution < 1.29 is 76.2 Å². The Balaban J connectivity index is 0.00000148.